The van der Waals surface area contributed by atoms with Crippen LogP contribution >= 0.6 is 0 Å². The minimum absolute atomic E-state index is 0.0530. The fourth-order valence-corrected chi connectivity index (χ4v) is 2.97. The van der Waals surface area contributed by atoms with Crippen LogP contribution < -0.4 is 4.90 Å². The van der Waals surface area contributed by atoms with Crippen molar-refractivity contribution in [2.75, 3.05) is 25.1 Å². The van der Waals surface area contributed by atoms with Gasteiger partial charge in [0.2, 0.25) is 0 Å². The third-order valence-corrected chi connectivity index (χ3v) is 4.33. The molecule has 0 unspecified atom stereocenters. The summed E-state index contributed by atoms with van der Waals surface area (Å²) in [5.41, 5.74) is 0.482. The molecule has 1 aliphatic heterocycles. The van der Waals surface area contributed by atoms with Crippen molar-refractivity contribution < 1.29 is 24.0 Å². The van der Waals surface area contributed by atoms with Crippen molar-refractivity contribution in [2.45, 2.75) is 0 Å². The summed E-state index contributed by atoms with van der Waals surface area (Å²) in [6.45, 7) is -0.145. The lowest BCUT2D eigenvalue weighted by atomic mass is 10.0. The first-order valence-electron chi connectivity index (χ1n) is 8.30. The number of benzene rings is 2. The molecular formula is C19H16FN3O5. The Bertz CT molecular complexity index is 970. The zero-order valence-electron chi connectivity index (χ0n) is 14.8. The van der Waals surface area contributed by atoms with Crippen LogP contribution in [0.2, 0.25) is 0 Å². The van der Waals surface area contributed by atoms with E-state index in [9.17, 15) is 29.2 Å². The van der Waals surface area contributed by atoms with Crippen LogP contribution in [0.4, 0.5) is 15.8 Å². The Labute approximate surface area is 159 Å². The molecule has 0 spiro atoms. The Balaban J connectivity index is 2.10. The number of amides is 2. The van der Waals surface area contributed by atoms with E-state index in [0.29, 0.717) is 5.56 Å². The van der Waals surface area contributed by atoms with E-state index in [1.165, 1.54) is 41.3 Å². The van der Waals surface area contributed by atoms with Crippen LogP contribution in [-0.4, -0.2) is 46.9 Å². The van der Waals surface area contributed by atoms with E-state index >= 15 is 0 Å². The third-order valence-electron chi connectivity index (χ3n) is 4.33. The van der Waals surface area contributed by atoms with Crippen molar-refractivity contribution in [1.82, 2.24) is 4.90 Å². The maximum atomic E-state index is 13.2. The van der Waals surface area contributed by atoms with Crippen molar-refractivity contribution in [3.05, 3.63) is 75.7 Å². The Hall–Kier alpha value is -3.59. The molecule has 0 fully saturated rings. The fourth-order valence-electron chi connectivity index (χ4n) is 2.97. The zero-order valence-corrected chi connectivity index (χ0v) is 14.8. The molecule has 1 heterocycles. The van der Waals surface area contributed by atoms with E-state index in [1.807, 2.05) is 0 Å². The molecule has 0 radical (unpaired) electrons. The molecule has 0 saturated carbocycles. The largest absolute Gasteiger partial charge is 0.395 e. The average molecular weight is 385 g/mol. The smallest absolute Gasteiger partial charge is 0.282 e. The number of non-ortho nitro benzene ring substituents is 1. The number of aliphatic hydroxyl groups excluding tert-OH is 1. The number of nitro groups is 1. The molecule has 0 saturated heterocycles. The second-order valence-electron chi connectivity index (χ2n) is 6.09. The van der Waals surface area contributed by atoms with Crippen molar-refractivity contribution in [2.24, 2.45) is 0 Å². The van der Waals surface area contributed by atoms with Gasteiger partial charge in [0.15, 0.2) is 0 Å². The zero-order chi connectivity index (χ0) is 20.4. The Morgan fingerprint density at radius 1 is 1.07 bits per heavy atom. The minimum Gasteiger partial charge on any atom is -0.395 e. The number of nitro benzene ring substituents is 1. The topological polar surface area (TPSA) is 104 Å². The molecule has 1 aliphatic rings. The fraction of sp³-hybridized carbons (Fsp3) is 0.158. The lowest BCUT2D eigenvalue weighted by Crippen LogP contribution is -2.34. The van der Waals surface area contributed by atoms with Crippen LogP contribution in [0.3, 0.4) is 0 Å². The minimum atomic E-state index is -0.634. The Morgan fingerprint density at radius 2 is 1.68 bits per heavy atom. The molecule has 3 rings (SSSR count). The predicted molar refractivity (Wildman–Crippen MR) is 98.6 cm³/mol. The first kappa shape index (κ1) is 19.2. The van der Waals surface area contributed by atoms with Crippen molar-refractivity contribution >= 4 is 28.8 Å². The van der Waals surface area contributed by atoms with Gasteiger partial charge >= 0.3 is 0 Å². The number of carbonyl (C=O) groups excluding carboxylic acids is 2. The Morgan fingerprint density at radius 3 is 2.21 bits per heavy atom. The number of aliphatic hydroxyl groups is 1. The van der Waals surface area contributed by atoms with Crippen LogP contribution in [0.1, 0.15) is 5.56 Å². The van der Waals surface area contributed by atoms with Crippen LogP contribution in [-0.2, 0) is 9.59 Å². The second-order valence-corrected chi connectivity index (χ2v) is 6.09. The van der Waals surface area contributed by atoms with Gasteiger partial charge in [-0.05, 0) is 42.0 Å². The first-order chi connectivity index (χ1) is 13.3. The molecule has 9 heteroatoms. The van der Waals surface area contributed by atoms with Gasteiger partial charge in [0.25, 0.3) is 17.5 Å². The van der Waals surface area contributed by atoms with Gasteiger partial charge < -0.3 is 10.0 Å². The van der Waals surface area contributed by atoms with E-state index in [0.717, 1.165) is 17.0 Å². The standard InChI is InChI=1S/C19H16FN3O5/c1-21(10-11-24)17-16(12-2-6-15(7-3-12)23(27)28)18(25)22(19(17)26)14-8-4-13(20)5-9-14/h2-9,24H,10-11H2,1H3. The van der Waals surface area contributed by atoms with Gasteiger partial charge in [-0.25, -0.2) is 9.29 Å². The summed E-state index contributed by atoms with van der Waals surface area (Å²) in [5.74, 6) is -1.77. The molecule has 8 nitrogen and oxygen atoms in total. The number of likely N-dealkylation sites (N-methyl/N-ethyl adjacent to an activating group) is 1. The van der Waals surface area contributed by atoms with E-state index in [4.69, 9.17) is 0 Å². The summed E-state index contributed by atoms with van der Waals surface area (Å²) < 4.78 is 13.2. The predicted octanol–water partition coefficient (Wildman–Crippen LogP) is 1.94. The van der Waals surface area contributed by atoms with Crippen molar-refractivity contribution in [3.63, 3.8) is 0 Å². The lowest BCUT2D eigenvalue weighted by molar-refractivity contribution is -0.384. The average Bonchev–Trinajstić information content (AvgIpc) is 2.93. The number of anilines is 1. The number of carbonyl (C=O) groups is 2. The summed E-state index contributed by atoms with van der Waals surface area (Å²) in [6, 6.07) is 10.2. The van der Waals surface area contributed by atoms with E-state index in [-0.39, 0.29) is 35.8 Å². The molecule has 2 amide bonds. The summed E-state index contributed by atoms with van der Waals surface area (Å²) in [4.78, 5) is 38.7. The quantitative estimate of drug-likeness (QED) is 0.463. The number of hydrogen-bond acceptors (Lipinski definition) is 6. The molecule has 0 atom stereocenters. The summed E-state index contributed by atoms with van der Waals surface area (Å²) >= 11 is 0. The lowest BCUT2D eigenvalue weighted by Gasteiger charge is -2.20. The number of imide groups is 1. The molecule has 2 aromatic rings. The van der Waals surface area contributed by atoms with Gasteiger partial charge in [0, 0.05) is 25.7 Å². The molecule has 2 aromatic carbocycles. The normalized spacial score (nSPS) is 14.0. The number of halogens is 1. The van der Waals surface area contributed by atoms with Crippen LogP contribution in [0.5, 0.6) is 0 Å². The second kappa shape index (κ2) is 7.57. The highest BCUT2D eigenvalue weighted by Gasteiger charge is 2.41. The summed E-state index contributed by atoms with van der Waals surface area (Å²) in [6.07, 6.45) is 0. The third kappa shape index (κ3) is 3.35. The van der Waals surface area contributed by atoms with E-state index in [1.54, 1.807) is 7.05 Å². The van der Waals surface area contributed by atoms with E-state index < -0.39 is 22.6 Å². The van der Waals surface area contributed by atoms with Crippen molar-refractivity contribution in [1.29, 1.82) is 0 Å². The van der Waals surface area contributed by atoms with Gasteiger partial charge in [-0.2, -0.15) is 0 Å². The van der Waals surface area contributed by atoms with Crippen LogP contribution in [0, 0.1) is 15.9 Å². The summed E-state index contributed by atoms with van der Waals surface area (Å²) in [7, 11) is 1.55. The molecule has 28 heavy (non-hydrogen) atoms. The highest BCUT2D eigenvalue weighted by molar-refractivity contribution is 6.45. The SMILES string of the molecule is CN(CCO)C1=C(c2ccc([N+](=O)[O-])cc2)C(=O)N(c2ccc(F)cc2)C1=O. The highest BCUT2D eigenvalue weighted by Crippen LogP contribution is 2.34. The van der Waals surface area contributed by atoms with Gasteiger partial charge in [0.05, 0.1) is 22.8 Å². The van der Waals surface area contributed by atoms with Gasteiger partial charge in [-0.1, -0.05) is 0 Å². The number of nitrogens with zero attached hydrogens (tertiary/aromatic N) is 3. The van der Waals surface area contributed by atoms with Gasteiger partial charge in [0.1, 0.15) is 11.5 Å². The first-order valence-corrected chi connectivity index (χ1v) is 8.30. The monoisotopic (exact) mass is 385 g/mol. The van der Waals surface area contributed by atoms with Gasteiger partial charge in [-0.15, -0.1) is 0 Å². The maximum absolute atomic E-state index is 13.2. The van der Waals surface area contributed by atoms with Gasteiger partial charge in [-0.3, -0.25) is 19.7 Å². The molecule has 144 valence electrons. The molecule has 0 bridgehead atoms. The van der Waals surface area contributed by atoms with E-state index in [2.05, 4.69) is 0 Å². The Kier molecular flexibility index (Phi) is 5.18. The molecule has 0 aliphatic carbocycles. The molecule has 0 aromatic heterocycles. The van der Waals surface area contributed by atoms with Crippen LogP contribution in [0.25, 0.3) is 5.57 Å². The number of rotatable bonds is 6. The number of hydrogen-bond donors (Lipinski definition) is 1. The molecular weight excluding hydrogens is 369 g/mol. The molecule has 1 N–H and O–H groups in total. The van der Waals surface area contributed by atoms with Crippen LogP contribution in [0.15, 0.2) is 54.2 Å². The maximum Gasteiger partial charge on any atom is 0.282 e. The highest BCUT2D eigenvalue weighted by atomic mass is 19.1. The van der Waals surface area contributed by atoms with Crippen molar-refractivity contribution in [3.8, 4) is 0 Å². The summed E-state index contributed by atoms with van der Waals surface area (Å²) in [5, 5.41) is 20.1.